The van der Waals surface area contributed by atoms with Gasteiger partial charge < -0.3 is 5.32 Å². The molecule has 2 aromatic carbocycles. The third-order valence-electron chi connectivity index (χ3n) is 2.87. The smallest absolute Gasteiger partial charge is 0.237 e. The Kier molecular flexibility index (Phi) is 5.97. The Morgan fingerprint density at radius 3 is 2.10 bits per heavy atom. The van der Waals surface area contributed by atoms with Crippen LogP contribution in [-0.2, 0) is 4.79 Å². The van der Waals surface area contributed by atoms with Crippen LogP contribution in [0.25, 0.3) is 0 Å². The number of carbonyl (C=O) groups is 1. The summed E-state index contributed by atoms with van der Waals surface area (Å²) in [7, 11) is 0. The van der Waals surface area contributed by atoms with Crippen molar-refractivity contribution >= 4 is 46.6 Å². The van der Waals surface area contributed by atoms with Crippen molar-refractivity contribution in [2.24, 2.45) is 0 Å². The van der Waals surface area contributed by atoms with E-state index in [4.69, 9.17) is 23.2 Å². The summed E-state index contributed by atoms with van der Waals surface area (Å²) in [6.45, 7) is 2.00. The maximum Gasteiger partial charge on any atom is 0.237 e. The molecule has 2 aromatic rings. The van der Waals surface area contributed by atoms with Gasteiger partial charge >= 0.3 is 0 Å². The van der Waals surface area contributed by atoms with Crippen LogP contribution < -0.4 is 5.32 Å². The maximum absolute atomic E-state index is 12.3. The summed E-state index contributed by atoms with van der Waals surface area (Å²) in [6, 6.07) is 14.6. The summed E-state index contributed by atoms with van der Waals surface area (Å²) >= 11 is 13.2. The zero-order valence-corrected chi connectivity index (χ0v) is 13.8. The summed E-state index contributed by atoms with van der Waals surface area (Å²) in [6.07, 6.45) is 0.743. The second-order valence-electron chi connectivity index (χ2n) is 4.46. The number of carbonyl (C=O) groups excluding carboxylic acids is 1. The van der Waals surface area contributed by atoms with Crippen molar-refractivity contribution in [2.45, 2.75) is 23.5 Å². The molecule has 0 aliphatic heterocycles. The van der Waals surface area contributed by atoms with Gasteiger partial charge in [0.05, 0.1) is 5.25 Å². The van der Waals surface area contributed by atoms with Gasteiger partial charge in [0.15, 0.2) is 0 Å². The predicted molar refractivity (Wildman–Crippen MR) is 91.5 cm³/mol. The van der Waals surface area contributed by atoms with E-state index in [1.807, 2.05) is 31.2 Å². The second kappa shape index (κ2) is 7.74. The van der Waals surface area contributed by atoms with Crippen LogP contribution in [0.3, 0.4) is 0 Å². The van der Waals surface area contributed by atoms with Gasteiger partial charge in [-0.1, -0.05) is 30.1 Å². The Labute approximate surface area is 138 Å². The van der Waals surface area contributed by atoms with Crippen molar-refractivity contribution < 1.29 is 4.79 Å². The summed E-state index contributed by atoms with van der Waals surface area (Å²) in [4.78, 5) is 13.3. The van der Waals surface area contributed by atoms with Gasteiger partial charge in [0.2, 0.25) is 5.91 Å². The minimum atomic E-state index is -0.151. The number of benzene rings is 2. The van der Waals surface area contributed by atoms with Crippen molar-refractivity contribution in [1.82, 2.24) is 0 Å². The van der Waals surface area contributed by atoms with E-state index in [9.17, 15) is 4.79 Å². The van der Waals surface area contributed by atoms with E-state index in [0.717, 1.165) is 17.0 Å². The topological polar surface area (TPSA) is 29.1 Å². The van der Waals surface area contributed by atoms with Crippen LogP contribution >= 0.6 is 35.0 Å². The minimum Gasteiger partial charge on any atom is -0.325 e. The number of rotatable bonds is 5. The van der Waals surface area contributed by atoms with Crippen LogP contribution in [0.2, 0.25) is 10.0 Å². The zero-order valence-electron chi connectivity index (χ0n) is 11.5. The third-order valence-corrected chi connectivity index (χ3v) is 4.75. The van der Waals surface area contributed by atoms with Crippen LogP contribution in [0.1, 0.15) is 13.3 Å². The van der Waals surface area contributed by atoms with Crippen molar-refractivity contribution in [1.29, 1.82) is 0 Å². The van der Waals surface area contributed by atoms with Crippen molar-refractivity contribution in [2.75, 3.05) is 5.32 Å². The Hall–Kier alpha value is -1.16. The van der Waals surface area contributed by atoms with Crippen molar-refractivity contribution in [3.05, 3.63) is 58.6 Å². The van der Waals surface area contributed by atoms with E-state index in [-0.39, 0.29) is 11.2 Å². The van der Waals surface area contributed by atoms with Crippen LogP contribution in [0.5, 0.6) is 0 Å². The summed E-state index contributed by atoms with van der Waals surface area (Å²) < 4.78 is 0. The first-order valence-corrected chi connectivity index (χ1v) is 8.20. The average Bonchev–Trinajstić information content (AvgIpc) is 2.49. The molecular formula is C16H15Cl2NOS. The molecule has 1 N–H and O–H groups in total. The molecule has 0 spiro atoms. The van der Waals surface area contributed by atoms with Gasteiger partial charge in [0.25, 0.3) is 0 Å². The lowest BCUT2D eigenvalue weighted by molar-refractivity contribution is -0.115. The molecular weight excluding hydrogens is 325 g/mol. The number of hydrogen-bond donors (Lipinski definition) is 1. The van der Waals surface area contributed by atoms with Gasteiger partial charge in [-0.15, -0.1) is 11.8 Å². The summed E-state index contributed by atoms with van der Waals surface area (Å²) in [5.74, 6) is -0.0141. The normalized spacial score (nSPS) is 12.0. The van der Waals surface area contributed by atoms with Gasteiger partial charge in [-0.25, -0.2) is 0 Å². The number of hydrogen-bond acceptors (Lipinski definition) is 2. The van der Waals surface area contributed by atoms with E-state index < -0.39 is 0 Å². The van der Waals surface area contributed by atoms with Gasteiger partial charge in [0.1, 0.15) is 0 Å². The van der Waals surface area contributed by atoms with Crippen molar-refractivity contribution in [3.8, 4) is 0 Å². The fourth-order valence-electron chi connectivity index (χ4n) is 1.76. The van der Waals surface area contributed by atoms with E-state index in [0.29, 0.717) is 10.0 Å². The van der Waals surface area contributed by atoms with Crippen LogP contribution in [0, 0.1) is 0 Å². The molecule has 1 amide bonds. The molecule has 0 aliphatic carbocycles. The van der Waals surface area contributed by atoms with E-state index in [2.05, 4.69) is 5.32 Å². The van der Waals surface area contributed by atoms with Crippen molar-refractivity contribution in [3.63, 3.8) is 0 Å². The minimum absolute atomic E-state index is 0.0141. The Balaban J connectivity index is 2.01. The first-order valence-electron chi connectivity index (χ1n) is 6.57. The van der Waals surface area contributed by atoms with Crippen LogP contribution in [0.15, 0.2) is 53.4 Å². The monoisotopic (exact) mass is 339 g/mol. The number of anilines is 1. The summed E-state index contributed by atoms with van der Waals surface area (Å²) in [5, 5.41) is 4.10. The molecule has 0 fully saturated rings. The molecule has 0 radical (unpaired) electrons. The highest BCUT2D eigenvalue weighted by atomic mass is 35.5. The fraction of sp³-hybridized carbons (Fsp3) is 0.188. The fourth-order valence-corrected chi connectivity index (χ4v) is 2.96. The molecule has 0 saturated carbocycles. The Morgan fingerprint density at radius 2 is 1.57 bits per heavy atom. The lowest BCUT2D eigenvalue weighted by Crippen LogP contribution is -2.24. The molecule has 0 unspecified atom stereocenters. The molecule has 110 valence electrons. The molecule has 0 bridgehead atoms. The van der Waals surface area contributed by atoms with E-state index in [1.165, 1.54) is 11.8 Å². The standard InChI is InChI=1S/C16H15Cl2NOS/c1-2-15(21-14-9-5-12(18)6-10-14)16(20)19-13-7-3-11(17)4-8-13/h3-10,15H,2H2,1H3,(H,19,20)/t15-/m0/s1. The molecule has 0 heterocycles. The van der Waals surface area contributed by atoms with Gasteiger partial charge in [-0.2, -0.15) is 0 Å². The maximum atomic E-state index is 12.3. The Bertz CT molecular complexity index is 599. The Morgan fingerprint density at radius 1 is 1.05 bits per heavy atom. The lowest BCUT2D eigenvalue weighted by atomic mass is 10.3. The molecule has 21 heavy (non-hydrogen) atoms. The van der Waals surface area contributed by atoms with E-state index in [1.54, 1.807) is 24.3 Å². The largest absolute Gasteiger partial charge is 0.325 e. The van der Waals surface area contributed by atoms with Gasteiger partial charge in [-0.3, -0.25) is 4.79 Å². The first kappa shape index (κ1) is 16.2. The predicted octanol–water partition coefficient (Wildman–Crippen LogP) is 5.50. The van der Waals surface area contributed by atoms with Crippen LogP contribution in [0.4, 0.5) is 5.69 Å². The second-order valence-corrected chi connectivity index (χ2v) is 6.61. The zero-order chi connectivity index (χ0) is 15.2. The number of thioether (sulfide) groups is 1. The number of amides is 1. The highest BCUT2D eigenvalue weighted by Crippen LogP contribution is 2.27. The molecule has 5 heteroatoms. The van der Waals surface area contributed by atoms with Crippen LogP contribution in [-0.4, -0.2) is 11.2 Å². The molecule has 2 nitrogen and oxygen atoms in total. The number of nitrogens with one attached hydrogen (secondary N) is 1. The SMILES string of the molecule is CC[C@H](Sc1ccc(Cl)cc1)C(=O)Nc1ccc(Cl)cc1. The quantitative estimate of drug-likeness (QED) is 0.728. The van der Waals surface area contributed by atoms with Gasteiger partial charge in [-0.05, 0) is 55.0 Å². The molecule has 0 saturated heterocycles. The highest BCUT2D eigenvalue weighted by molar-refractivity contribution is 8.00. The lowest BCUT2D eigenvalue weighted by Gasteiger charge is -2.15. The first-order chi connectivity index (χ1) is 10.1. The highest BCUT2D eigenvalue weighted by Gasteiger charge is 2.18. The van der Waals surface area contributed by atoms with Gasteiger partial charge in [0, 0.05) is 20.6 Å². The average molecular weight is 340 g/mol. The molecule has 1 atom stereocenters. The number of halogens is 2. The molecule has 2 rings (SSSR count). The third kappa shape index (κ3) is 4.95. The molecule has 0 aliphatic rings. The summed E-state index contributed by atoms with van der Waals surface area (Å²) in [5.41, 5.74) is 0.750. The van der Waals surface area contributed by atoms with E-state index >= 15 is 0 Å². The molecule has 0 aromatic heterocycles.